The number of halogens is 7. The minimum atomic E-state index is -4.98. The number of aliphatic hydroxyl groups is 2. The van der Waals surface area contributed by atoms with Gasteiger partial charge in [0.2, 0.25) is 0 Å². The van der Waals surface area contributed by atoms with E-state index in [1.165, 1.54) is 0 Å². The fourth-order valence-electron chi connectivity index (χ4n) is 1.42. The first-order chi connectivity index (χ1) is 9.46. The predicted octanol–water partition coefficient (Wildman–Crippen LogP) is 3.25. The Balaban J connectivity index is 3.29. The second kappa shape index (κ2) is 6.41. The molecule has 10 heteroatoms. The molecule has 0 spiro atoms. The zero-order valence-corrected chi connectivity index (χ0v) is 11.8. The zero-order valence-electron chi connectivity index (χ0n) is 10.2. The second-order valence-electron chi connectivity index (χ2n) is 4.10. The van der Waals surface area contributed by atoms with E-state index in [9.17, 15) is 26.3 Å². The van der Waals surface area contributed by atoms with E-state index < -0.39 is 52.9 Å². The van der Waals surface area contributed by atoms with Crippen LogP contribution in [0.1, 0.15) is 11.1 Å². The standard InChI is InChI=1S/C11H10BrF6NO2/c12-9-7(11(16,17)18)1-5(10(13,14)15)2-8(9)19-3-6(21)4-20/h1-2,6,19-21H,3-4H2. The molecule has 1 rings (SSSR count). The summed E-state index contributed by atoms with van der Waals surface area (Å²) in [5.41, 5.74) is -3.44. The molecule has 0 aliphatic carbocycles. The van der Waals surface area contributed by atoms with Gasteiger partial charge in [0.05, 0.1) is 28.3 Å². The van der Waals surface area contributed by atoms with Crippen LogP contribution in [0.25, 0.3) is 0 Å². The van der Waals surface area contributed by atoms with Crippen LogP contribution in [0.2, 0.25) is 0 Å². The lowest BCUT2D eigenvalue weighted by Gasteiger charge is -2.18. The molecule has 0 aromatic heterocycles. The molecule has 3 nitrogen and oxygen atoms in total. The Hall–Kier alpha value is -1.00. The van der Waals surface area contributed by atoms with Crippen molar-refractivity contribution < 1.29 is 36.6 Å². The van der Waals surface area contributed by atoms with Gasteiger partial charge in [0.25, 0.3) is 0 Å². The van der Waals surface area contributed by atoms with Crippen molar-refractivity contribution in [3.8, 4) is 0 Å². The molecule has 0 fully saturated rings. The number of anilines is 1. The molecule has 21 heavy (non-hydrogen) atoms. The van der Waals surface area contributed by atoms with Crippen LogP contribution in [-0.4, -0.2) is 29.5 Å². The van der Waals surface area contributed by atoms with E-state index in [0.717, 1.165) is 0 Å². The second-order valence-corrected chi connectivity index (χ2v) is 4.89. The average molecular weight is 382 g/mol. The SMILES string of the molecule is OCC(O)CNc1cc(C(F)(F)F)cc(C(F)(F)F)c1Br. The third-order valence-corrected chi connectivity index (χ3v) is 3.30. The van der Waals surface area contributed by atoms with E-state index in [-0.39, 0.29) is 6.07 Å². The molecule has 120 valence electrons. The molecule has 0 saturated heterocycles. The first kappa shape index (κ1) is 18.1. The van der Waals surface area contributed by atoms with Crippen molar-refractivity contribution in [2.75, 3.05) is 18.5 Å². The summed E-state index contributed by atoms with van der Waals surface area (Å²) < 4.78 is 75.5. The van der Waals surface area contributed by atoms with Gasteiger partial charge in [-0.05, 0) is 28.1 Å². The highest BCUT2D eigenvalue weighted by atomic mass is 79.9. The van der Waals surface area contributed by atoms with E-state index in [2.05, 4.69) is 21.2 Å². The maximum absolute atomic E-state index is 12.7. The summed E-state index contributed by atoms with van der Waals surface area (Å²) in [6.07, 6.45) is -11.3. The number of nitrogens with one attached hydrogen (secondary N) is 1. The van der Waals surface area contributed by atoms with Gasteiger partial charge in [-0.2, -0.15) is 26.3 Å². The Kier molecular flexibility index (Phi) is 5.51. The fourth-order valence-corrected chi connectivity index (χ4v) is 2.01. The van der Waals surface area contributed by atoms with Crippen LogP contribution in [0.3, 0.4) is 0 Å². The summed E-state index contributed by atoms with van der Waals surface area (Å²) in [6, 6.07) is 0.487. The van der Waals surface area contributed by atoms with E-state index in [4.69, 9.17) is 10.2 Å². The molecule has 0 radical (unpaired) electrons. The molecule has 0 amide bonds. The van der Waals surface area contributed by atoms with Gasteiger partial charge in [-0.15, -0.1) is 0 Å². The highest BCUT2D eigenvalue weighted by molar-refractivity contribution is 9.10. The topological polar surface area (TPSA) is 52.5 Å². The van der Waals surface area contributed by atoms with E-state index in [1.54, 1.807) is 0 Å². The van der Waals surface area contributed by atoms with Gasteiger partial charge in [-0.25, -0.2) is 0 Å². The molecular formula is C11H10BrF6NO2. The zero-order chi connectivity index (χ0) is 16.4. The highest BCUT2D eigenvalue weighted by Gasteiger charge is 2.39. The molecule has 1 aromatic carbocycles. The van der Waals surface area contributed by atoms with Crippen molar-refractivity contribution in [1.29, 1.82) is 0 Å². The maximum Gasteiger partial charge on any atom is 0.417 e. The van der Waals surface area contributed by atoms with Crippen LogP contribution < -0.4 is 5.32 Å². The van der Waals surface area contributed by atoms with E-state index >= 15 is 0 Å². The van der Waals surface area contributed by atoms with Crippen LogP contribution in [-0.2, 0) is 12.4 Å². The van der Waals surface area contributed by atoms with Crippen molar-refractivity contribution in [3.05, 3.63) is 27.7 Å². The number of aliphatic hydroxyl groups excluding tert-OH is 2. The lowest BCUT2D eigenvalue weighted by molar-refractivity contribution is -0.143. The number of benzene rings is 1. The lowest BCUT2D eigenvalue weighted by Crippen LogP contribution is -2.23. The molecule has 3 N–H and O–H groups in total. The van der Waals surface area contributed by atoms with Crippen LogP contribution in [0.5, 0.6) is 0 Å². The predicted molar refractivity (Wildman–Crippen MR) is 65.7 cm³/mol. The van der Waals surface area contributed by atoms with E-state index in [1.807, 2.05) is 0 Å². The Labute approximate surface area is 123 Å². The third kappa shape index (κ3) is 4.75. The largest absolute Gasteiger partial charge is 0.417 e. The first-order valence-corrected chi connectivity index (χ1v) is 6.27. The van der Waals surface area contributed by atoms with Gasteiger partial charge in [-0.1, -0.05) is 0 Å². The molecule has 1 atom stereocenters. The average Bonchev–Trinajstić information content (AvgIpc) is 2.34. The molecule has 0 bridgehead atoms. The number of alkyl halides is 6. The molecular weight excluding hydrogens is 372 g/mol. The van der Waals surface area contributed by atoms with Crippen LogP contribution in [0.15, 0.2) is 16.6 Å². The Bertz CT molecular complexity index is 503. The lowest BCUT2D eigenvalue weighted by atomic mass is 10.1. The summed E-state index contributed by atoms with van der Waals surface area (Å²) in [6.45, 7) is -1.09. The minimum absolute atomic E-state index is 0.00225. The normalized spacial score (nSPS) is 14.1. The number of rotatable bonds is 4. The first-order valence-electron chi connectivity index (χ1n) is 5.47. The third-order valence-electron chi connectivity index (χ3n) is 2.44. The quantitative estimate of drug-likeness (QED) is 0.701. The molecule has 1 unspecified atom stereocenters. The van der Waals surface area contributed by atoms with Crippen molar-refractivity contribution in [3.63, 3.8) is 0 Å². The maximum atomic E-state index is 12.7. The van der Waals surface area contributed by atoms with Gasteiger partial charge in [-0.3, -0.25) is 0 Å². The summed E-state index contributed by atoms with van der Waals surface area (Å²) in [5.74, 6) is 0. The minimum Gasteiger partial charge on any atom is -0.394 e. The van der Waals surface area contributed by atoms with Crippen LogP contribution in [0, 0.1) is 0 Å². The Morgan fingerprint density at radius 1 is 1.10 bits per heavy atom. The van der Waals surface area contributed by atoms with Crippen molar-refractivity contribution in [2.45, 2.75) is 18.5 Å². The molecule has 0 saturated carbocycles. The molecule has 1 aromatic rings. The van der Waals surface area contributed by atoms with E-state index in [0.29, 0.717) is 6.07 Å². The Morgan fingerprint density at radius 2 is 1.67 bits per heavy atom. The fraction of sp³-hybridized carbons (Fsp3) is 0.455. The summed E-state index contributed by atoms with van der Waals surface area (Å²) in [5, 5.41) is 19.9. The van der Waals surface area contributed by atoms with Gasteiger partial charge in [0.15, 0.2) is 0 Å². The summed E-state index contributed by atoms with van der Waals surface area (Å²) >= 11 is 2.60. The van der Waals surface area contributed by atoms with Gasteiger partial charge >= 0.3 is 12.4 Å². The summed E-state index contributed by atoms with van der Waals surface area (Å²) in [4.78, 5) is 0. The molecule has 0 aliphatic rings. The summed E-state index contributed by atoms with van der Waals surface area (Å²) in [7, 11) is 0. The monoisotopic (exact) mass is 381 g/mol. The molecule has 0 heterocycles. The van der Waals surface area contributed by atoms with Gasteiger partial charge < -0.3 is 15.5 Å². The Morgan fingerprint density at radius 3 is 2.10 bits per heavy atom. The van der Waals surface area contributed by atoms with Crippen LogP contribution in [0.4, 0.5) is 32.0 Å². The van der Waals surface area contributed by atoms with Crippen molar-refractivity contribution >= 4 is 21.6 Å². The smallest absolute Gasteiger partial charge is 0.394 e. The van der Waals surface area contributed by atoms with Crippen molar-refractivity contribution in [1.82, 2.24) is 0 Å². The van der Waals surface area contributed by atoms with Gasteiger partial charge in [0.1, 0.15) is 0 Å². The molecule has 0 aliphatic heterocycles. The highest BCUT2D eigenvalue weighted by Crippen LogP contribution is 2.42. The van der Waals surface area contributed by atoms with Gasteiger partial charge in [0, 0.05) is 12.2 Å². The van der Waals surface area contributed by atoms with Crippen LogP contribution >= 0.6 is 15.9 Å². The number of hydrogen-bond donors (Lipinski definition) is 3. The van der Waals surface area contributed by atoms with Crippen molar-refractivity contribution in [2.24, 2.45) is 0 Å². The number of hydrogen-bond acceptors (Lipinski definition) is 3.